The van der Waals surface area contributed by atoms with E-state index in [1.165, 1.54) is 12.1 Å². The van der Waals surface area contributed by atoms with Gasteiger partial charge in [0, 0.05) is 23.1 Å². The third-order valence-electron chi connectivity index (χ3n) is 2.91. The van der Waals surface area contributed by atoms with E-state index in [9.17, 15) is 13.2 Å². The van der Waals surface area contributed by atoms with Crippen molar-refractivity contribution in [2.24, 2.45) is 0 Å². The van der Waals surface area contributed by atoms with Gasteiger partial charge in [0.25, 0.3) is 0 Å². The number of benzene rings is 1. The normalized spacial score (nSPS) is 11.2. The summed E-state index contributed by atoms with van der Waals surface area (Å²) in [4.78, 5) is 16.1. The van der Waals surface area contributed by atoms with Gasteiger partial charge in [-0.25, -0.2) is 18.1 Å². The number of rotatable bonds is 6. The zero-order valence-corrected chi connectivity index (χ0v) is 14.8. The Hall–Kier alpha value is -1.77. The summed E-state index contributed by atoms with van der Waals surface area (Å²) in [5.41, 5.74) is 0.790. The lowest BCUT2D eigenvalue weighted by Gasteiger charge is -2.08. The maximum atomic E-state index is 12.1. The average molecular weight is 398 g/mol. The molecule has 0 aliphatic heterocycles. The van der Waals surface area contributed by atoms with Crippen LogP contribution in [0.2, 0.25) is 0 Å². The minimum atomic E-state index is -3.63. The molecule has 0 aliphatic carbocycles. The van der Waals surface area contributed by atoms with Crippen LogP contribution in [0.5, 0.6) is 0 Å². The highest BCUT2D eigenvalue weighted by molar-refractivity contribution is 9.10. The van der Waals surface area contributed by atoms with E-state index in [4.69, 9.17) is 0 Å². The summed E-state index contributed by atoms with van der Waals surface area (Å²) >= 11 is 3.23. The highest BCUT2D eigenvalue weighted by Crippen LogP contribution is 2.15. The largest absolute Gasteiger partial charge is 0.311 e. The Balaban J connectivity index is 1.88. The van der Waals surface area contributed by atoms with Gasteiger partial charge in [0.15, 0.2) is 0 Å². The molecule has 0 bridgehead atoms. The first kappa shape index (κ1) is 17.6. The van der Waals surface area contributed by atoms with Crippen molar-refractivity contribution in [2.45, 2.75) is 18.2 Å². The molecule has 2 N–H and O–H groups in total. The zero-order valence-electron chi connectivity index (χ0n) is 12.4. The van der Waals surface area contributed by atoms with E-state index in [-0.39, 0.29) is 23.8 Å². The number of amides is 1. The molecule has 1 aromatic heterocycles. The lowest BCUT2D eigenvalue weighted by molar-refractivity contribution is -0.116. The van der Waals surface area contributed by atoms with Gasteiger partial charge >= 0.3 is 0 Å². The fourth-order valence-electron chi connectivity index (χ4n) is 1.83. The van der Waals surface area contributed by atoms with E-state index >= 15 is 0 Å². The molecule has 0 atom stereocenters. The molecule has 0 fully saturated rings. The van der Waals surface area contributed by atoms with Gasteiger partial charge in [-0.2, -0.15) is 0 Å². The molecule has 2 aromatic rings. The first-order chi connectivity index (χ1) is 10.9. The molecule has 0 saturated heterocycles. The number of sulfonamides is 1. The topological polar surface area (TPSA) is 88.2 Å². The van der Waals surface area contributed by atoms with Crippen molar-refractivity contribution >= 4 is 37.7 Å². The highest BCUT2D eigenvalue weighted by Gasteiger charge is 2.14. The molecular formula is C15H16BrN3O3S. The van der Waals surface area contributed by atoms with E-state index in [1.807, 2.05) is 13.0 Å². The fraction of sp³-hybridized carbons (Fsp3) is 0.200. The summed E-state index contributed by atoms with van der Waals surface area (Å²) in [6.45, 7) is 1.83. The maximum absolute atomic E-state index is 12.1. The molecule has 0 saturated carbocycles. The highest BCUT2D eigenvalue weighted by atomic mass is 79.9. The average Bonchev–Trinajstić information content (AvgIpc) is 2.47. The number of aromatic nitrogens is 1. The zero-order chi connectivity index (χ0) is 16.9. The number of hydrogen-bond acceptors (Lipinski definition) is 4. The Labute approximate surface area is 143 Å². The smallest absolute Gasteiger partial charge is 0.240 e. The molecule has 8 heteroatoms. The number of pyridine rings is 1. The Morgan fingerprint density at radius 1 is 1.22 bits per heavy atom. The van der Waals surface area contributed by atoms with Crippen LogP contribution in [0, 0.1) is 6.92 Å². The number of anilines is 1. The van der Waals surface area contributed by atoms with Crippen LogP contribution in [0.25, 0.3) is 0 Å². The second kappa shape index (κ2) is 7.67. The van der Waals surface area contributed by atoms with Gasteiger partial charge in [-0.3, -0.25) is 4.79 Å². The van der Waals surface area contributed by atoms with Gasteiger partial charge < -0.3 is 5.32 Å². The number of carbonyl (C=O) groups excluding carboxylic acids is 1. The summed E-state index contributed by atoms with van der Waals surface area (Å²) in [6, 6.07) is 11.6. The standard InChI is InChI=1S/C15H16BrN3O3S/c1-11-4-2-7-14(18-11)19-15(20)8-9-17-23(21,22)13-6-3-5-12(16)10-13/h2-7,10,17H,8-9H2,1H3,(H,18,19,20). The van der Waals surface area contributed by atoms with Crippen LogP contribution >= 0.6 is 15.9 Å². The van der Waals surface area contributed by atoms with Crippen LogP contribution in [0.15, 0.2) is 51.8 Å². The number of nitrogens with zero attached hydrogens (tertiary/aromatic N) is 1. The van der Waals surface area contributed by atoms with Gasteiger partial charge in [0.1, 0.15) is 5.82 Å². The molecule has 1 aromatic carbocycles. The van der Waals surface area contributed by atoms with Crippen LogP contribution in [-0.2, 0) is 14.8 Å². The summed E-state index contributed by atoms with van der Waals surface area (Å²) in [6.07, 6.45) is 0.0167. The van der Waals surface area contributed by atoms with Crippen molar-refractivity contribution in [3.63, 3.8) is 0 Å². The van der Waals surface area contributed by atoms with Crippen LogP contribution < -0.4 is 10.0 Å². The Bertz CT molecular complexity index is 809. The van der Waals surface area contributed by atoms with Gasteiger partial charge in [0.05, 0.1) is 4.90 Å². The summed E-state index contributed by atoms with van der Waals surface area (Å²) in [7, 11) is -3.63. The Morgan fingerprint density at radius 3 is 2.65 bits per heavy atom. The molecule has 23 heavy (non-hydrogen) atoms. The van der Waals surface area contributed by atoms with Crippen molar-refractivity contribution < 1.29 is 13.2 Å². The number of hydrogen-bond donors (Lipinski definition) is 2. The lowest BCUT2D eigenvalue weighted by atomic mass is 10.3. The van der Waals surface area contributed by atoms with Crippen molar-refractivity contribution in [3.05, 3.63) is 52.6 Å². The molecule has 0 radical (unpaired) electrons. The van der Waals surface area contributed by atoms with Crippen molar-refractivity contribution in [3.8, 4) is 0 Å². The molecule has 2 rings (SSSR count). The van der Waals surface area contributed by atoms with Gasteiger partial charge in [0.2, 0.25) is 15.9 Å². The molecular weight excluding hydrogens is 382 g/mol. The molecule has 0 unspecified atom stereocenters. The minimum absolute atomic E-state index is 0.00644. The van der Waals surface area contributed by atoms with Crippen LogP contribution in [0.1, 0.15) is 12.1 Å². The predicted octanol–water partition coefficient (Wildman–Crippen LogP) is 2.46. The van der Waals surface area contributed by atoms with Gasteiger partial charge in [-0.15, -0.1) is 0 Å². The first-order valence-corrected chi connectivity index (χ1v) is 9.13. The van der Waals surface area contributed by atoms with Crippen molar-refractivity contribution in [1.29, 1.82) is 0 Å². The van der Waals surface area contributed by atoms with Crippen LogP contribution in [0.4, 0.5) is 5.82 Å². The third kappa shape index (κ3) is 5.42. The van der Waals surface area contributed by atoms with E-state index in [1.54, 1.807) is 24.3 Å². The molecule has 0 aliphatic rings. The first-order valence-electron chi connectivity index (χ1n) is 6.85. The van der Waals surface area contributed by atoms with E-state index in [2.05, 4.69) is 31.0 Å². The summed E-state index contributed by atoms with van der Waals surface area (Å²) in [5, 5.41) is 2.63. The molecule has 1 amide bonds. The Morgan fingerprint density at radius 2 is 1.96 bits per heavy atom. The van der Waals surface area contributed by atoms with Gasteiger partial charge in [-0.1, -0.05) is 28.1 Å². The second-order valence-corrected chi connectivity index (χ2v) is 7.50. The monoisotopic (exact) mass is 397 g/mol. The quantitative estimate of drug-likeness (QED) is 0.783. The van der Waals surface area contributed by atoms with Gasteiger partial charge in [-0.05, 0) is 37.3 Å². The number of carbonyl (C=O) groups is 1. The van der Waals surface area contributed by atoms with Crippen molar-refractivity contribution in [2.75, 3.05) is 11.9 Å². The van der Waals surface area contributed by atoms with E-state index < -0.39 is 10.0 Å². The SMILES string of the molecule is Cc1cccc(NC(=O)CCNS(=O)(=O)c2cccc(Br)c2)n1. The Kier molecular flexibility index (Phi) is 5.86. The van der Waals surface area contributed by atoms with E-state index in [0.717, 1.165) is 5.69 Å². The van der Waals surface area contributed by atoms with Crippen LogP contribution in [-0.4, -0.2) is 25.9 Å². The lowest BCUT2D eigenvalue weighted by Crippen LogP contribution is -2.28. The summed E-state index contributed by atoms with van der Waals surface area (Å²) in [5.74, 6) is 0.143. The van der Waals surface area contributed by atoms with Crippen LogP contribution in [0.3, 0.4) is 0 Å². The molecule has 122 valence electrons. The van der Waals surface area contributed by atoms with E-state index in [0.29, 0.717) is 10.3 Å². The predicted molar refractivity (Wildman–Crippen MR) is 91.6 cm³/mol. The molecule has 6 nitrogen and oxygen atoms in total. The third-order valence-corrected chi connectivity index (χ3v) is 4.86. The molecule has 0 spiro atoms. The number of aryl methyl sites for hydroxylation is 1. The minimum Gasteiger partial charge on any atom is -0.311 e. The summed E-state index contributed by atoms with van der Waals surface area (Å²) < 4.78 is 27.3. The maximum Gasteiger partial charge on any atom is 0.240 e. The van der Waals surface area contributed by atoms with Crippen molar-refractivity contribution in [1.82, 2.24) is 9.71 Å². The second-order valence-electron chi connectivity index (χ2n) is 4.82. The number of nitrogens with one attached hydrogen (secondary N) is 2. The molecule has 1 heterocycles. The number of halogens is 1. The fourth-order valence-corrected chi connectivity index (χ4v) is 3.46.